The van der Waals surface area contributed by atoms with E-state index in [1.165, 1.54) is 0 Å². The van der Waals surface area contributed by atoms with E-state index in [2.05, 4.69) is 11.9 Å². The number of aromatic nitrogens is 1. The van der Waals surface area contributed by atoms with Gasteiger partial charge in [-0.2, -0.15) is 0 Å². The zero-order valence-corrected chi connectivity index (χ0v) is 9.51. The van der Waals surface area contributed by atoms with Crippen LogP contribution in [0.3, 0.4) is 0 Å². The Morgan fingerprint density at radius 1 is 1.27 bits per heavy atom. The van der Waals surface area contributed by atoms with Gasteiger partial charge in [-0.3, -0.25) is 0 Å². The van der Waals surface area contributed by atoms with Crippen molar-refractivity contribution in [3.63, 3.8) is 0 Å². The van der Waals surface area contributed by atoms with E-state index in [4.69, 9.17) is 16.0 Å². The molecule has 3 heteroatoms. The quantitative estimate of drug-likeness (QED) is 0.770. The van der Waals surface area contributed by atoms with E-state index in [0.29, 0.717) is 5.89 Å². The molecule has 1 aromatic carbocycles. The summed E-state index contributed by atoms with van der Waals surface area (Å²) in [7, 11) is 0. The molecule has 0 radical (unpaired) electrons. The maximum absolute atomic E-state index is 5.81. The van der Waals surface area contributed by atoms with Crippen molar-refractivity contribution < 1.29 is 4.42 Å². The SMILES string of the molecule is CCc1oc(-c2ccc(Cl)cc2)nc1C. The van der Waals surface area contributed by atoms with Crippen LogP contribution in [0, 0.1) is 6.92 Å². The van der Waals surface area contributed by atoms with Crippen LogP contribution in [0.4, 0.5) is 0 Å². The van der Waals surface area contributed by atoms with E-state index >= 15 is 0 Å². The van der Waals surface area contributed by atoms with E-state index in [0.717, 1.165) is 28.5 Å². The first-order chi connectivity index (χ1) is 7.20. The second kappa shape index (κ2) is 4.07. The van der Waals surface area contributed by atoms with Crippen LogP contribution in [-0.4, -0.2) is 4.98 Å². The largest absolute Gasteiger partial charge is 0.441 e. The van der Waals surface area contributed by atoms with E-state index in [9.17, 15) is 0 Å². The van der Waals surface area contributed by atoms with Crippen molar-refractivity contribution in [1.29, 1.82) is 0 Å². The number of hydrogen-bond acceptors (Lipinski definition) is 2. The summed E-state index contributed by atoms with van der Waals surface area (Å²) < 4.78 is 5.64. The minimum absolute atomic E-state index is 0.668. The maximum Gasteiger partial charge on any atom is 0.226 e. The maximum atomic E-state index is 5.81. The molecule has 1 aromatic heterocycles. The monoisotopic (exact) mass is 221 g/mol. The minimum atomic E-state index is 0.668. The van der Waals surface area contributed by atoms with Gasteiger partial charge >= 0.3 is 0 Å². The fourth-order valence-corrected chi connectivity index (χ4v) is 1.60. The Morgan fingerprint density at radius 2 is 1.93 bits per heavy atom. The second-order valence-electron chi connectivity index (χ2n) is 3.39. The molecule has 0 aliphatic rings. The number of oxazole rings is 1. The molecule has 2 nitrogen and oxygen atoms in total. The molecule has 0 aliphatic carbocycles. The van der Waals surface area contributed by atoms with Crippen LogP contribution in [0.5, 0.6) is 0 Å². The predicted molar refractivity (Wildman–Crippen MR) is 61.1 cm³/mol. The molecule has 0 atom stereocenters. The topological polar surface area (TPSA) is 26.0 Å². The second-order valence-corrected chi connectivity index (χ2v) is 3.82. The molecule has 78 valence electrons. The van der Waals surface area contributed by atoms with Crippen LogP contribution >= 0.6 is 11.6 Å². The number of halogens is 1. The van der Waals surface area contributed by atoms with Gasteiger partial charge in [-0.1, -0.05) is 18.5 Å². The van der Waals surface area contributed by atoms with Gasteiger partial charge in [-0.25, -0.2) is 4.98 Å². The van der Waals surface area contributed by atoms with Gasteiger partial charge in [0.2, 0.25) is 5.89 Å². The molecule has 0 aliphatic heterocycles. The van der Waals surface area contributed by atoms with Crippen LogP contribution in [0.1, 0.15) is 18.4 Å². The Morgan fingerprint density at radius 3 is 2.47 bits per heavy atom. The smallest absolute Gasteiger partial charge is 0.226 e. The number of hydrogen-bond donors (Lipinski definition) is 0. The molecule has 2 aromatic rings. The molecule has 0 spiro atoms. The number of nitrogens with zero attached hydrogens (tertiary/aromatic N) is 1. The lowest BCUT2D eigenvalue weighted by Crippen LogP contribution is -1.78. The van der Waals surface area contributed by atoms with E-state index in [-0.39, 0.29) is 0 Å². The van der Waals surface area contributed by atoms with Crippen LogP contribution in [0.15, 0.2) is 28.7 Å². The number of aryl methyl sites for hydroxylation is 2. The van der Waals surface area contributed by atoms with Gasteiger partial charge in [0.25, 0.3) is 0 Å². The summed E-state index contributed by atoms with van der Waals surface area (Å²) in [4.78, 5) is 4.37. The van der Waals surface area contributed by atoms with Crippen LogP contribution in [0.25, 0.3) is 11.5 Å². The first kappa shape index (κ1) is 10.2. The van der Waals surface area contributed by atoms with Gasteiger partial charge in [-0.15, -0.1) is 0 Å². The van der Waals surface area contributed by atoms with Gasteiger partial charge in [0.15, 0.2) is 0 Å². The van der Waals surface area contributed by atoms with Crippen LogP contribution < -0.4 is 0 Å². The lowest BCUT2D eigenvalue weighted by atomic mass is 10.2. The van der Waals surface area contributed by atoms with E-state index in [1.54, 1.807) is 0 Å². The molecule has 0 saturated heterocycles. The van der Waals surface area contributed by atoms with Crippen molar-refractivity contribution in [2.24, 2.45) is 0 Å². The van der Waals surface area contributed by atoms with Gasteiger partial charge in [0, 0.05) is 17.0 Å². The number of rotatable bonds is 2. The molecule has 2 rings (SSSR count). The molecule has 15 heavy (non-hydrogen) atoms. The Labute approximate surface area is 93.9 Å². The summed E-state index contributed by atoms with van der Waals surface area (Å²) in [6.07, 6.45) is 0.867. The standard InChI is InChI=1S/C12H12ClNO/c1-3-11-8(2)14-12(15-11)9-4-6-10(13)7-5-9/h4-7H,3H2,1-2H3. The molecule has 0 N–H and O–H groups in total. The van der Waals surface area contributed by atoms with Gasteiger partial charge < -0.3 is 4.42 Å². The molecule has 0 fully saturated rings. The highest BCUT2D eigenvalue weighted by Gasteiger charge is 2.09. The summed E-state index contributed by atoms with van der Waals surface area (Å²) in [5.41, 5.74) is 1.92. The van der Waals surface area contributed by atoms with Gasteiger partial charge in [0.05, 0.1) is 5.69 Å². The van der Waals surface area contributed by atoms with E-state index < -0.39 is 0 Å². The van der Waals surface area contributed by atoms with Crippen molar-refractivity contribution in [2.45, 2.75) is 20.3 Å². The summed E-state index contributed by atoms with van der Waals surface area (Å²) in [5.74, 6) is 1.61. The first-order valence-electron chi connectivity index (χ1n) is 4.93. The molecule has 0 saturated carbocycles. The molecule has 0 bridgehead atoms. The molecular weight excluding hydrogens is 210 g/mol. The van der Waals surface area contributed by atoms with Gasteiger partial charge in [0.1, 0.15) is 5.76 Å². The third-order valence-corrected chi connectivity index (χ3v) is 2.56. The zero-order valence-electron chi connectivity index (χ0n) is 8.75. The van der Waals surface area contributed by atoms with Crippen molar-refractivity contribution >= 4 is 11.6 Å². The average molecular weight is 222 g/mol. The summed E-state index contributed by atoms with van der Waals surface area (Å²) in [5, 5.41) is 0.720. The highest BCUT2D eigenvalue weighted by molar-refractivity contribution is 6.30. The first-order valence-corrected chi connectivity index (χ1v) is 5.30. The lowest BCUT2D eigenvalue weighted by molar-refractivity contribution is 0.522. The van der Waals surface area contributed by atoms with Crippen molar-refractivity contribution in [2.75, 3.05) is 0 Å². The normalized spacial score (nSPS) is 10.6. The highest BCUT2D eigenvalue weighted by atomic mass is 35.5. The predicted octanol–water partition coefficient (Wildman–Crippen LogP) is 3.87. The van der Waals surface area contributed by atoms with Crippen molar-refractivity contribution in [3.8, 4) is 11.5 Å². The van der Waals surface area contributed by atoms with Crippen LogP contribution in [-0.2, 0) is 6.42 Å². The third kappa shape index (κ3) is 2.05. The third-order valence-electron chi connectivity index (χ3n) is 2.30. The van der Waals surface area contributed by atoms with Crippen molar-refractivity contribution in [1.82, 2.24) is 4.98 Å². The Hall–Kier alpha value is -1.28. The Kier molecular flexibility index (Phi) is 2.78. The Balaban J connectivity index is 2.41. The minimum Gasteiger partial charge on any atom is -0.441 e. The summed E-state index contributed by atoms with van der Waals surface area (Å²) >= 11 is 5.81. The highest BCUT2D eigenvalue weighted by Crippen LogP contribution is 2.23. The zero-order chi connectivity index (χ0) is 10.8. The lowest BCUT2D eigenvalue weighted by Gasteiger charge is -1.94. The summed E-state index contributed by atoms with van der Waals surface area (Å²) in [6.45, 7) is 4.01. The fraction of sp³-hybridized carbons (Fsp3) is 0.250. The number of benzene rings is 1. The molecule has 1 heterocycles. The fourth-order valence-electron chi connectivity index (χ4n) is 1.47. The molecular formula is C12H12ClNO. The van der Waals surface area contributed by atoms with E-state index in [1.807, 2.05) is 31.2 Å². The van der Waals surface area contributed by atoms with Crippen molar-refractivity contribution in [3.05, 3.63) is 40.7 Å². The van der Waals surface area contributed by atoms with Crippen LogP contribution in [0.2, 0.25) is 5.02 Å². The van der Waals surface area contributed by atoms with Gasteiger partial charge in [-0.05, 0) is 31.2 Å². The average Bonchev–Trinajstić information content (AvgIpc) is 2.61. The summed E-state index contributed by atoms with van der Waals surface area (Å²) in [6, 6.07) is 7.49. The molecule has 0 amide bonds. The Bertz CT molecular complexity index is 459. The molecule has 0 unspecified atom stereocenters.